The van der Waals surface area contributed by atoms with E-state index in [2.05, 4.69) is 0 Å². The molecule has 1 aliphatic rings. The molecule has 1 aromatic rings. The maximum Gasteiger partial charge on any atom is 0.173 e. The lowest BCUT2D eigenvalue weighted by molar-refractivity contribution is 0.102. The van der Waals surface area contributed by atoms with Gasteiger partial charge >= 0.3 is 0 Å². The minimum absolute atomic E-state index is 0.262. The smallest absolute Gasteiger partial charge is 0.173 e. The van der Waals surface area contributed by atoms with Crippen molar-refractivity contribution in [3.8, 4) is 5.75 Å². The Bertz CT molecular complexity index is 453. The van der Waals surface area contributed by atoms with Crippen molar-refractivity contribution in [1.82, 2.24) is 0 Å². The van der Waals surface area contributed by atoms with Crippen molar-refractivity contribution in [3.63, 3.8) is 0 Å². The van der Waals surface area contributed by atoms with Gasteiger partial charge in [0.05, 0.1) is 12.9 Å². The van der Waals surface area contributed by atoms with E-state index in [0.29, 0.717) is 11.0 Å². The van der Waals surface area contributed by atoms with Gasteiger partial charge in [-0.25, -0.2) is 0 Å². The molecule has 0 N–H and O–H groups in total. The van der Waals surface area contributed by atoms with E-state index in [4.69, 9.17) is 4.74 Å². The summed E-state index contributed by atoms with van der Waals surface area (Å²) in [6, 6.07) is 3.90. The second-order valence-corrected chi connectivity index (χ2v) is 6.92. The van der Waals surface area contributed by atoms with E-state index in [1.807, 2.05) is 37.7 Å². The fourth-order valence-electron chi connectivity index (χ4n) is 2.98. The molecule has 0 unspecified atom stereocenters. The van der Waals surface area contributed by atoms with Gasteiger partial charge in [0.1, 0.15) is 5.75 Å². The summed E-state index contributed by atoms with van der Waals surface area (Å²) in [5.74, 6) is 1.70. The normalized spacial score (nSPS) is 16.1. The Morgan fingerprint density at radius 1 is 1.20 bits per heavy atom. The van der Waals surface area contributed by atoms with E-state index in [-0.39, 0.29) is 5.78 Å². The van der Waals surface area contributed by atoms with Gasteiger partial charge in [0.25, 0.3) is 0 Å². The zero-order chi connectivity index (χ0) is 14.5. The molecule has 0 aliphatic heterocycles. The lowest BCUT2D eigenvalue weighted by atomic mass is 9.99. The molecule has 1 aliphatic carbocycles. The summed E-state index contributed by atoms with van der Waals surface area (Å²) in [4.78, 5) is 12.5. The summed E-state index contributed by atoms with van der Waals surface area (Å²) < 4.78 is 5.25. The molecule has 0 heterocycles. The summed E-state index contributed by atoms with van der Waals surface area (Å²) in [7, 11) is 1.66. The highest BCUT2D eigenvalue weighted by Gasteiger charge is 2.18. The number of benzene rings is 1. The molecule has 0 saturated heterocycles. The Hall–Kier alpha value is -0.960. The second-order valence-electron chi connectivity index (χ2n) is 5.63. The first-order valence-electron chi connectivity index (χ1n) is 7.42. The van der Waals surface area contributed by atoms with Crippen LogP contribution in [0.4, 0.5) is 0 Å². The average molecular weight is 292 g/mol. The Morgan fingerprint density at radius 2 is 1.80 bits per heavy atom. The third-order valence-electron chi connectivity index (χ3n) is 4.02. The standard InChI is InChI=1S/C17H24O2S/c1-12-9-14(19-3)10-13(2)17(12)16(18)11-20-15-7-5-4-6-8-15/h9-10,15H,4-8,11H2,1-3H3. The number of carbonyl (C=O) groups is 1. The third kappa shape index (κ3) is 3.78. The van der Waals surface area contributed by atoms with E-state index in [1.54, 1.807) is 7.11 Å². The van der Waals surface area contributed by atoms with E-state index >= 15 is 0 Å². The molecule has 2 rings (SSSR count). The molecule has 0 aromatic heterocycles. The molecular formula is C17H24O2S. The Balaban J connectivity index is 2.01. The van der Waals surface area contributed by atoms with Gasteiger partial charge in [0.2, 0.25) is 0 Å². The molecule has 1 fully saturated rings. The van der Waals surface area contributed by atoms with Crippen molar-refractivity contribution in [1.29, 1.82) is 0 Å². The molecule has 1 saturated carbocycles. The van der Waals surface area contributed by atoms with Crippen molar-refractivity contribution in [2.75, 3.05) is 12.9 Å². The number of hydrogen-bond donors (Lipinski definition) is 0. The predicted molar refractivity (Wildman–Crippen MR) is 86.1 cm³/mol. The molecular weight excluding hydrogens is 268 g/mol. The minimum Gasteiger partial charge on any atom is -0.497 e. The largest absolute Gasteiger partial charge is 0.497 e. The van der Waals surface area contributed by atoms with Crippen LogP contribution in [-0.4, -0.2) is 23.9 Å². The maximum atomic E-state index is 12.5. The minimum atomic E-state index is 0.262. The lowest BCUT2D eigenvalue weighted by Crippen LogP contribution is -2.14. The van der Waals surface area contributed by atoms with Crippen molar-refractivity contribution in [2.45, 2.75) is 51.2 Å². The molecule has 110 valence electrons. The van der Waals surface area contributed by atoms with Gasteiger partial charge in [0.15, 0.2) is 5.78 Å². The number of hydrogen-bond acceptors (Lipinski definition) is 3. The zero-order valence-corrected chi connectivity index (χ0v) is 13.5. The van der Waals surface area contributed by atoms with E-state index in [1.165, 1.54) is 32.1 Å². The number of ether oxygens (including phenoxy) is 1. The van der Waals surface area contributed by atoms with Crippen LogP contribution in [0.1, 0.15) is 53.6 Å². The van der Waals surface area contributed by atoms with Gasteiger partial charge in [-0.1, -0.05) is 19.3 Å². The number of methoxy groups -OCH3 is 1. The highest BCUT2D eigenvalue weighted by molar-refractivity contribution is 8.00. The monoisotopic (exact) mass is 292 g/mol. The molecule has 0 amide bonds. The van der Waals surface area contributed by atoms with Gasteiger partial charge in [-0.2, -0.15) is 11.8 Å². The molecule has 20 heavy (non-hydrogen) atoms. The summed E-state index contributed by atoms with van der Waals surface area (Å²) in [6.45, 7) is 3.99. The SMILES string of the molecule is COc1cc(C)c(C(=O)CSC2CCCCC2)c(C)c1. The summed E-state index contributed by atoms with van der Waals surface area (Å²) in [6.07, 6.45) is 6.57. The van der Waals surface area contributed by atoms with E-state index < -0.39 is 0 Å². The Morgan fingerprint density at radius 3 is 2.35 bits per heavy atom. The third-order valence-corrected chi connectivity index (χ3v) is 5.39. The quantitative estimate of drug-likeness (QED) is 0.744. The van der Waals surface area contributed by atoms with Crippen molar-refractivity contribution in [3.05, 3.63) is 28.8 Å². The van der Waals surface area contributed by atoms with Gasteiger partial charge in [-0.15, -0.1) is 0 Å². The highest BCUT2D eigenvalue weighted by Crippen LogP contribution is 2.30. The van der Waals surface area contributed by atoms with Gasteiger partial charge in [-0.05, 0) is 49.9 Å². The molecule has 0 bridgehead atoms. The van der Waals surface area contributed by atoms with Crippen LogP contribution < -0.4 is 4.74 Å². The molecule has 1 aromatic carbocycles. The predicted octanol–water partition coefficient (Wildman–Crippen LogP) is 4.56. The fourth-order valence-corrected chi connectivity index (χ4v) is 4.18. The van der Waals surface area contributed by atoms with Crippen LogP contribution in [0, 0.1) is 13.8 Å². The van der Waals surface area contributed by atoms with Crippen molar-refractivity contribution >= 4 is 17.5 Å². The zero-order valence-electron chi connectivity index (χ0n) is 12.7. The highest BCUT2D eigenvalue weighted by atomic mass is 32.2. The first-order chi connectivity index (χ1) is 9.61. The maximum absolute atomic E-state index is 12.5. The first-order valence-corrected chi connectivity index (χ1v) is 8.46. The molecule has 0 atom stereocenters. The van der Waals surface area contributed by atoms with Crippen LogP contribution in [0.15, 0.2) is 12.1 Å². The van der Waals surface area contributed by atoms with Crippen molar-refractivity contribution < 1.29 is 9.53 Å². The van der Waals surface area contributed by atoms with Crippen LogP contribution in [0.5, 0.6) is 5.75 Å². The number of thioether (sulfide) groups is 1. The van der Waals surface area contributed by atoms with E-state index in [9.17, 15) is 4.79 Å². The number of carbonyl (C=O) groups excluding carboxylic acids is 1. The summed E-state index contributed by atoms with van der Waals surface area (Å²) >= 11 is 1.85. The number of ketones is 1. The van der Waals surface area contributed by atoms with Crippen molar-refractivity contribution in [2.24, 2.45) is 0 Å². The summed E-state index contributed by atoms with van der Waals surface area (Å²) in [5, 5.41) is 0.687. The van der Waals surface area contributed by atoms with Gasteiger partial charge in [-0.3, -0.25) is 4.79 Å². The molecule has 0 radical (unpaired) electrons. The average Bonchev–Trinajstić information content (AvgIpc) is 2.45. The molecule has 2 nitrogen and oxygen atoms in total. The van der Waals surface area contributed by atoms with Crippen LogP contribution in [0.25, 0.3) is 0 Å². The number of Topliss-reactive ketones (excluding diaryl/α,β-unsaturated/α-hetero) is 1. The van der Waals surface area contributed by atoms with Crippen LogP contribution >= 0.6 is 11.8 Å². The second kappa shape index (κ2) is 7.16. The lowest BCUT2D eigenvalue weighted by Gasteiger charge is -2.21. The Kier molecular flexibility index (Phi) is 5.53. The first kappa shape index (κ1) is 15.4. The van der Waals surface area contributed by atoms with E-state index in [0.717, 1.165) is 22.4 Å². The van der Waals surface area contributed by atoms with Crippen LogP contribution in [0.3, 0.4) is 0 Å². The molecule has 0 spiro atoms. The van der Waals surface area contributed by atoms with Crippen LogP contribution in [0.2, 0.25) is 0 Å². The van der Waals surface area contributed by atoms with Gasteiger partial charge < -0.3 is 4.74 Å². The fraction of sp³-hybridized carbons (Fsp3) is 0.588. The summed E-state index contributed by atoms with van der Waals surface area (Å²) in [5.41, 5.74) is 2.93. The Labute approximate surface area is 126 Å². The number of aryl methyl sites for hydroxylation is 2. The topological polar surface area (TPSA) is 26.3 Å². The number of rotatable bonds is 5. The molecule has 3 heteroatoms. The van der Waals surface area contributed by atoms with Crippen LogP contribution in [-0.2, 0) is 0 Å². The van der Waals surface area contributed by atoms with Gasteiger partial charge in [0, 0.05) is 10.8 Å².